The zero-order valence-electron chi connectivity index (χ0n) is 12.5. The summed E-state index contributed by atoms with van der Waals surface area (Å²) in [5, 5.41) is 0. The number of imide groups is 1. The van der Waals surface area contributed by atoms with E-state index >= 15 is 0 Å². The molecule has 6 heteroatoms. The third-order valence-corrected chi connectivity index (χ3v) is 3.35. The van der Waals surface area contributed by atoms with Crippen LogP contribution in [0.15, 0.2) is 77.7 Å². The molecule has 1 heterocycles. The molecule has 1 N–H and O–H groups in total. The minimum Gasteiger partial charge on any atom is -0.291 e. The smallest absolute Gasteiger partial charge is 0.291 e. The van der Waals surface area contributed by atoms with Crippen LogP contribution in [0, 0.1) is 0 Å². The molecule has 2 aromatic carbocycles. The van der Waals surface area contributed by atoms with Crippen molar-refractivity contribution in [2.45, 2.75) is 0 Å². The van der Waals surface area contributed by atoms with Gasteiger partial charge in [0.25, 0.3) is 11.8 Å². The van der Waals surface area contributed by atoms with E-state index in [0.717, 1.165) is 4.90 Å². The van der Waals surface area contributed by atoms with Gasteiger partial charge in [0.1, 0.15) is 5.82 Å². The number of hydrogen-bond donors (Lipinski definition) is 1. The minimum atomic E-state index is -0.640. The maximum atomic E-state index is 12.8. The Hall–Kier alpha value is -3.54. The number of nitrogens with one attached hydrogen (secondary N) is 1. The summed E-state index contributed by atoms with van der Waals surface area (Å²) in [5.74, 6) is -1.00. The second-order valence-electron chi connectivity index (χ2n) is 4.94. The molecule has 0 aliphatic carbocycles. The van der Waals surface area contributed by atoms with Crippen LogP contribution in [0.25, 0.3) is 0 Å². The maximum absolute atomic E-state index is 12.8. The Morgan fingerprint density at radius 2 is 1.29 bits per heavy atom. The van der Waals surface area contributed by atoms with Gasteiger partial charge in [-0.25, -0.2) is 14.7 Å². The normalized spacial score (nSPS) is 10.2. The summed E-state index contributed by atoms with van der Waals surface area (Å²) in [6.07, 6.45) is 1.25. The number of benzene rings is 2. The number of aromatic amines is 1. The monoisotopic (exact) mass is 319 g/mol. The Labute approximate surface area is 137 Å². The molecule has 0 fully saturated rings. The van der Waals surface area contributed by atoms with Crippen molar-refractivity contribution in [2.24, 2.45) is 0 Å². The molecule has 1 aromatic heterocycles. The van der Waals surface area contributed by atoms with Crippen molar-refractivity contribution in [3.8, 4) is 0 Å². The topological polar surface area (TPSA) is 83.1 Å². The first-order valence-corrected chi connectivity index (χ1v) is 7.21. The van der Waals surface area contributed by atoms with Gasteiger partial charge in [-0.05, 0) is 30.3 Å². The van der Waals surface area contributed by atoms with Gasteiger partial charge in [0.05, 0.1) is 0 Å². The Bertz CT molecular complexity index is 869. The Morgan fingerprint density at radius 1 is 0.792 bits per heavy atom. The fourth-order valence-electron chi connectivity index (χ4n) is 2.22. The molecular formula is C18H13N3O3. The molecule has 3 rings (SSSR count). The van der Waals surface area contributed by atoms with Gasteiger partial charge in [-0.1, -0.05) is 36.4 Å². The van der Waals surface area contributed by atoms with E-state index in [0.29, 0.717) is 11.1 Å². The molecule has 6 nitrogen and oxygen atoms in total. The number of H-pyrrole nitrogens is 1. The van der Waals surface area contributed by atoms with Gasteiger partial charge in [-0.2, -0.15) is 0 Å². The molecule has 0 saturated heterocycles. The molecule has 24 heavy (non-hydrogen) atoms. The standard InChI is InChI=1S/C18H13N3O3/c22-16(13-7-3-1-4-8-13)21(15-11-12-19-18(24)20-15)17(23)14-9-5-2-6-10-14/h1-12H,(H,19,20,24). The van der Waals surface area contributed by atoms with Crippen LogP contribution in [0.2, 0.25) is 0 Å². The lowest BCUT2D eigenvalue weighted by Gasteiger charge is -2.20. The van der Waals surface area contributed by atoms with Gasteiger partial charge < -0.3 is 0 Å². The number of nitrogens with zero attached hydrogens (tertiary/aromatic N) is 2. The average Bonchev–Trinajstić information content (AvgIpc) is 2.63. The van der Waals surface area contributed by atoms with Gasteiger partial charge in [0, 0.05) is 17.3 Å². The number of amides is 2. The summed E-state index contributed by atoms with van der Waals surface area (Å²) in [5.41, 5.74) is 0.0260. The van der Waals surface area contributed by atoms with Crippen molar-refractivity contribution in [3.05, 3.63) is 94.5 Å². The van der Waals surface area contributed by atoms with Crippen LogP contribution in [0.4, 0.5) is 5.82 Å². The van der Waals surface area contributed by atoms with E-state index in [1.54, 1.807) is 60.7 Å². The summed E-state index contributed by atoms with van der Waals surface area (Å²) in [6, 6.07) is 18.2. The van der Waals surface area contributed by atoms with Gasteiger partial charge in [-0.3, -0.25) is 14.6 Å². The Balaban J connectivity index is 2.09. The molecule has 3 aromatic rings. The Kier molecular flexibility index (Phi) is 4.29. The first-order valence-electron chi connectivity index (χ1n) is 7.21. The number of aromatic nitrogens is 2. The zero-order valence-corrected chi connectivity index (χ0v) is 12.5. The van der Waals surface area contributed by atoms with Crippen molar-refractivity contribution in [1.29, 1.82) is 0 Å². The van der Waals surface area contributed by atoms with E-state index in [4.69, 9.17) is 0 Å². The van der Waals surface area contributed by atoms with Gasteiger partial charge in [0.15, 0.2) is 0 Å². The van der Waals surface area contributed by atoms with Crippen LogP contribution >= 0.6 is 0 Å². The van der Waals surface area contributed by atoms with Crippen LogP contribution in [-0.4, -0.2) is 21.8 Å². The second-order valence-corrected chi connectivity index (χ2v) is 4.94. The predicted molar refractivity (Wildman–Crippen MR) is 88.9 cm³/mol. The predicted octanol–water partition coefficient (Wildman–Crippen LogP) is 2.26. The van der Waals surface area contributed by atoms with E-state index in [2.05, 4.69) is 9.97 Å². The highest BCUT2D eigenvalue weighted by Crippen LogP contribution is 2.17. The molecule has 0 spiro atoms. The van der Waals surface area contributed by atoms with Crippen molar-refractivity contribution in [2.75, 3.05) is 4.90 Å². The summed E-state index contributed by atoms with van der Waals surface area (Å²) in [7, 11) is 0. The van der Waals surface area contributed by atoms with Gasteiger partial charge in [-0.15, -0.1) is 0 Å². The highest BCUT2D eigenvalue weighted by atomic mass is 16.2. The molecule has 0 aliphatic rings. The van der Waals surface area contributed by atoms with Crippen molar-refractivity contribution < 1.29 is 9.59 Å². The van der Waals surface area contributed by atoms with Gasteiger partial charge >= 0.3 is 5.69 Å². The van der Waals surface area contributed by atoms with E-state index in [-0.39, 0.29) is 5.82 Å². The van der Waals surface area contributed by atoms with Gasteiger partial charge in [0.2, 0.25) is 0 Å². The molecule has 0 saturated carbocycles. The molecule has 0 bridgehead atoms. The third kappa shape index (κ3) is 3.12. The first-order chi connectivity index (χ1) is 11.7. The zero-order chi connectivity index (χ0) is 16.9. The van der Waals surface area contributed by atoms with Crippen LogP contribution in [0.3, 0.4) is 0 Å². The number of anilines is 1. The van der Waals surface area contributed by atoms with Crippen molar-refractivity contribution in [3.63, 3.8) is 0 Å². The molecular weight excluding hydrogens is 306 g/mol. The van der Waals surface area contributed by atoms with E-state index in [9.17, 15) is 14.4 Å². The van der Waals surface area contributed by atoms with E-state index < -0.39 is 17.5 Å². The molecule has 0 unspecified atom stereocenters. The largest absolute Gasteiger partial charge is 0.346 e. The molecule has 0 radical (unpaired) electrons. The quantitative estimate of drug-likeness (QED) is 0.751. The lowest BCUT2D eigenvalue weighted by Crippen LogP contribution is -2.38. The SMILES string of the molecule is O=C(c1ccccc1)N(C(=O)c1ccccc1)c1ccnc(=O)[nH]1. The number of carbonyl (C=O) groups excluding carboxylic acids is 2. The summed E-state index contributed by atoms with van der Waals surface area (Å²) in [6.45, 7) is 0. The van der Waals surface area contributed by atoms with E-state index in [1.807, 2.05) is 0 Å². The minimum absolute atomic E-state index is 0.0673. The van der Waals surface area contributed by atoms with Crippen molar-refractivity contribution >= 4 is 17.6 Å². The van der Waals surface area contributed by atoms with Crippen LogP contribution < -0.4 is 10.6 Å². The maximum Gasteiger partial charge on any atom is 0.346 e. The molecule has 0 aliphatic heterocycles. The number of hydrogen-bond acceptors (Lipinski definition) is 4. The Morgan fingerprint density at radius 3 is 1.75 bits per heavy atom. The fourth-order valence-corrected chi connectivity index (χ4v) is 2.22. The highest BCUT2D eigenvalue weighted by Gasteiger charge is 2.26. The van der Waals surface area contributed by atoms with Crippen LogP contribution in [-0.2, 0) is 0 Å². The fraction of sp³-hybridized carbons (Fsp3) is 0. The van der Waals surface area contributed by atoms with Crippen LogP contribution in [0.5, 0.6) is 0 Å². The lowest BCUT2D eigenvalue weighted by atomic mass is 10.1. The molecule has 118 valence electrons. The summed E-state index contributed by atoms with van der Waals surface area (Å²) >= 11 is 0. The first kappa shape index (κ1) is 15.4. The van der Waals surface area contributed by atoms with Crippen molar-refractivity contribution in [1.82, 2.24) is 9.97 Å². The summed E-state index contributed by atoms with van der Waals surface area (Å²) in [4.78, 5) is 44.1. The number of rotatable bonds is 3. The highest BCUT2D eigenvalue weighted by molar-refractivity contribution is 6.25. The molecule has 0 atom stereocenters. The summed E-state index contributed by atoms with van der Waals surface area (Å²) < 4.78 is 0. The number of carbonyl (C=O) groups is 2. The lowest BCUT2D eigenvalue weighted by molar-refractivity contribution is 0.0896. The third-order valence-electron chi connectivity index (χ3n) is 3.35. The van der Waals surface area contributed by atoms with E-state index in [1.165, 1.54) is 12.3 Å². The second kappa shape index (κ2) is 6.70. The van der Waals surface area contributed by atoms with Crippen LogP contribution in [0.1, 0.15) is 20.7 Å². The molecule has 2 amide bonds. The average molecular weight is 319 g/mol.